The highest BCUT2D eigenvalue weighted by Crippen LogP contribution is 2.62. The zero-order valence-electron chi connectivity index (χ0n) is 28.6. The molecule has 256 valence electrons. The van der Waals surface area contributed by atoms with Crippen molar-refractivity contribution in [2.45, 2.75) is 89.6 Å². The third kappa shape index (κ3) is 7.61. The van der Waals surface area contributed by atoms with Crippen molar-refractivity contribution in [3.8, 4) is 17.2 Å². The van der Waals surface area contributed by atoms with E-state index in [1.54, 1.807) is 0 Å². The molecule has 0 saturated heterocycles. The van der Waals surface area contributed by atoms with Crippen molar-refractivity contribution in [1.29, 1.82) is 0 Å². The summed E-state index contributed by atoms with van der Waals surface area (Å²) >= 11 is 1.85. The largest absolute Gasteiger partial charge is 0.460 e. The average molecular weight is 664 g/mol. The van der Waals surface area contributed by atoms with Gasteiger partial charge in [-0.05, 0) is 111 Å². The first-order chi connectivity index (χ1) is 22.9. The second-order valence-electron chi connectivity index (χ2n) is 13.0. The van der Waals surface area contributed by atoms with Crippen LogP contribution in [0.2, 0.25) is 0 Å². The van der Waals surface area contributed by atoms with Crippen LogP contribution in [0.1, 0.15) is 81.4 Å². The van der Waals surface area contributed by atoms with Crippen LogP contribution in [0.4, 0.5) is 0 Å². The van der Waals surface area contributed by atoms with Gasteiger partial charge >= 0.3 is 0 Å². The Kier molecular flexibility index (Phi) is 12.5. The Morgan fingerprint density at radius 1 is 1.00 bits per heavy atom. The third-order valence-corrected chi connectivity index (χ3v) is 11.2. The van der Waals surface area contributed by atoms with Crippen molar-refractivity contribution in [1.82, 2.24) is 0 Å². The molecule has 1 saturated carbocycles. The smallest absolute Gasteiger partial charge is 0.230 e. The van der Waals surface area contributed by atoms with Gasteiger partial charge in [0.05, 0.1) is 23.5 Å². The summed E-state index contributed by atoms with van der Waals surface area (Å²) < 4.78 is 20.6. The van der Waals surface area contributed by atoms with Gasteiger partial charge in [0.2, 0.25) is 5.79 Å². The van der Waals surface area contributed by atoms with E-state index in [0.29, 0.717) is 19.6 Å². The summed E-state index contributed by atoms with van der Waals surface area (Å²) in [6.45, 7) is 13.6. The number of fused-ring (bicyclic) bond motifs is 2. The zero-order chi connectivity index (χ0) is 33.4. The van der Waals surface area contributed by atoms with Gasteiger partial charge in [0, 0.05) is 31.1 Å². The van der Waals surface area contributed by atoms with Crippen LogP contribution in [0.5, 0.6) is 17.2 Å². The Hall–Kier alpha value is -2.78. The van der Waals surface area contributed by atoms with Crippen LogP contribution in [0.3, 0.4) is 0 Å². The molecule has 6 unspecified atom stereocenters. The highest BCUT2D eigenvalue weighted by atomic mass is 32.2. The van der Waals surface area contributed by atoms with Gasteiger partial charge in [0.1, 0.15) is 23.9 Å². The molecule has 2 aromatic carbocycles. The highest BCUT2D eigenvalue weighted by Gasteiger charge is 2.63. The molecular weight excluding hydrogens is 610 g/mol. The van der Waals surface area contributed by atoms with Crippen LogP contribution in [-0.2, 0) is 9.57 Å². The summed E-state index contributed by atoms with van der Waals surface area (Å²) in [7, 11) is 0. The van der Waals surface area contributed by atoms with Crippen LogP contribution in [-0.4, -0.2) is 59.1 Å². The minimum Gasteiger partial charge on any atom is -0.460 e. The van der Waals surface area contributed by atoms with E-state index in [1.807, 2.05) is 36.9 Å². The fourth-order valence-electron chi connectivity index (χ4n) is 7.80. The number of allylic oxidation sites excluding steroid dienone is 1. The Morgan fingerprint density at radius 2 is 1.74 bits per heavy atom. The monoisotopic (exact) mass is 663 g/mol. The van der Waals surface area contributed by atoms with Crippen molar-refractivity contribution in [2.24, 2.45) is 22.9 Å². The molecule has 5 rings (SSSR count). The van der Waals surface area contributed by atoms with E-state index >= 15 is 0 Å². The van der Waals surface area contributed by atoms with Crippen LogP contribution >= 0.6 is 11.8 Å². The quantitative estimate of drug-likeness (QED) is 0.0997. The normalized spacial score (nSPS) is 27.0. The molecule has 0 radical (unpaired) electrons. The minimum absolute atomic E-state index is 0.0139. The number of thioether (sulfide) groups is 1. The van der Waals surface area contributed by atoms with Gasteiger partial charge in [-0.25, -0.2) is 0 Å². The molecule has 1 fully saturated rings. The lowest BCUT2D eigenvalue weighted by atomic mass is 9.56. The summed E-state index contributed by atoms with van der Waals surface area (Å²) in [6.07, 6.45) is 10.2. The van der Waals surface area contributed by atoms with Crippen LogP contribution in [0, 0.1) is 31.6 Å². The van der Waals surface area contributed by atoms with Crippen LogP contribution < -0.4 is 9.47 Å². The first-order valence-corrected chi connectivity index (χ1v) is 18.5. The Bertz CT molecular complexity index is 1420. The van der Waals surface area contributed by atoms with Gasteiger partial charge in [-0.3, -0.25) is 0 Å². The van der Waals surface area contributed by atoms with Gasteiger partial charge in [0.15, 0.2) is 0 Å². The average Bonchev–Trinajstić information content (AvgIpc) is 3.07. The predicted molar refractivity (Wildman–Crippen MR) is 191 cm³/mol. The summed E-state index contributed by atoms with van der Waals surface area (Å²) in [5, 5.41) is 24.2. The molecule has 2 aliphatic carbocycles. The number of aryl methyl sites for hydroxylation is 2. The van der Waals surface area contributed by atoms with Gasteiger partial charge < -0.3 is 29.3 Å². The maximum Gasteiger partial charge on any atom is 0.230 e. The van der Waals surface area contributed by atoms with Crippen molar-refractivity contribution >= 4 is 17.5 Å². The second kappa shape index (κ2) is 16.6. The lowest BCUT2D eigenvalue weighted by Gasteiger charge is -2.58. The predicted octanol–water partition coefficient (Wildman–Crippen LogP) is 8.50. The second-order valence-corrected chi connectivity index (χ2v) is 14.4. The van der Waals surface area contributed by atoms with E-state index in [4.69, 9.17) is 24.2 Å². The standard InChI is InChI=1S/C39H53NO6S/c1-6-21-43-39-36(47-8-3)25-34(40-44-7-2)32-23-28(13-9-11-19-41)31(14-10-12-20-42)37(38(32)39)33-24-30(17-18-35(33)46-39)45-29-16-15-26(4)27(5)22-29/h6,15-18,22-24,28,31,36-38,41-42H,1,7-14,19-21,25H2,2-5H3. The van der Waals surface area contributed by atoms with E-state index in [-0.39, 0.29) is 42.1 Å². The molecule has 47 heavy (non-hydrogen) atoms. The lowest BCUT2D eigenvalue weighted by molar-refractivity contribution is -0.223. The van der Waals surface area contributed by atoms with Crippen LogP contribution in [0.15, 0.2) is 65.9 Å². The molecule has 0 bridgehead atoms. The van der Waals surface area contributed by atoms with Gasteiger partial charge in [0.25, 0.3) is 0 Å². The topological polar surface area (TPSA) is 89.7 Å². The maximum absolute atomic E-state index is 9.78. The van der Waals surface area contributed by atoms with Crippen LogP contribution in [0.25, 0.3) is 0 Å². The van der Waals surface area contributed by atoms with E-state index < -0.39 is 5.79 Å². The number of hydrogen-bond donors (Lipinski definition) is 2. The number of oxime groups is 1. The molecular formula is C39H53NO6S. The van der Waals surface area contributed by atoms with E-state index in [0.717, 1.165) is 78.4 Å². The molecule has 2 N–H and O–H groups in total. The maximum atomic E-state index is 9.78. The molecule has 8 heteroatoms. The molecule has 3 aliphatic rings. The first kappa shape index (κ1) is 35.5. The Balaban J connectivity index is 1.70. The number of unbranched alkanes of at least 4 members (excludes halogenated alkanes) is 2. The molecule has 1 aliphatic heterocycles. The van der Waals surface area contributed by atoms with Crippen molar-refractivity contribution in [2.75, 3.05) is 32.2 Å². The van der Waals surface area contributed by atoms with E-state index in [2.05, 4.69) is 57.7 Å². The van der Waals surface area contributed by atoms with Crippen molar-refractivity contribution < 1.29 is 29.3 Å². The van der Waals surface area contributed by atoms with Crippen molar-refractivity contribution in [3.05, 3.63) is 77.4 Å². The van der Waals surface area contributed by atoms with Gasteiger partial charge in [-0.2, -0.15) is 11.8 Å². The fourth-order valence-corrected chi connectivity index (χ4v) is 8.97. The molecule has 0 spiro atoms. The zero-order valence-corrected chi connectivity index (χ0v) is 29.4. The van der Waals surface area contributed by atoms with E-state index in [9.17, 15) is 10.2 Å². The fraction of sp³-hybridized carbons (Fsp3) is 0.564. The Labute approximate surface area is 285 Å². The number of aliphatic hydroxyl groups excluding tert-OH is 2. The highest BCUT2D eigenvalue weighted by molar-refractivity contribution is 8.00. The molecule has 0 amide bonds. The van der Waals surface area contributed by atoms with Gasteiger partial charge in [-0.15, -0.1) is 6.58 Å². The summed E-state index contributed by atoms with van der Waals surface area (Å²) in [4.78, 5) is 5.76. The lowest BCUT2D eigenvalue weighted by Crippen LogP contribution is -2.64. The Morgan fingerprint density at radius 3 is 2.45 bits per heavy atom. The number of benzene rings is 2. The molecule has 2 aromatic rings. The number of nitrogens with zero attached hydrogens (tertiary/aromatic N) is 1. The number of rotatable bonds is 17. The number of hydrogen-bond acceptors (Lipinski definition) is 8. The van der Waals surface area contributed by atoms with E-state index in [1.165, 1.54) is 11.1 Å². The molecule has 7 nitrogen and oxygen atoms in total. The number of aliphatic hydroxyl groups is 2. The molecule has 6 atom stereocenters. The molecule has 1 heterocycles. The first-order valence-electron chi connectivity index (χ1n) is 17.5. The summed E-state index contributed by atoms with van der Waals surface area (Å²) in [5.74, 6) is 2.84. The SMILES string of the molecule is C=CCOC12Oc3ccc(Oc4ccc(C)c(C)c4)cc3C3C(CCCCO)C(CCCCO)C=C(C(=NOCC)CC1SCC)C32. The molecule has 0 aromatic heterocycles. The summed E-state index contributed by atoms with van der Waals surface area (Å²) in [6, 6.07) is 12.4. The minimum atomic E-state index is -0.925. The number of ether oxygens (including phenoxy) is 3. The summed E-state index contributed by atoms with van der Waals surface area (Å²) in [5.41, 5.74) is 5.67. The third-order valence-electron chi connectivity index (χ3n) is 10.0. The van der Waals surface area contributed by atoms with Gasteiger partial charge in [-0.1, -0.05) is 43.1 Å². The van der Waals surface area contributed by atoms with Crippen molar-refractivity contribution in [3.63, 3.8) is 0 Å².